The second kappa shape index (κ2) is 57.6. The molecule has 0 saturated heterocycles. The van der Waals surface area contributed by atoms with Crippen molar-refractivity contribution in [2.24, 2.45) is 0 Å². The third-order valence-electron chi connectivity index (χ3n) is 11.0. The summed E-state index contributed by atoms with van der Waals surface area (Å²) in [6.07, 6.45) is 83.9. The minimum Gasteiger partial charge on any atom is -0.462 e. The predicted molar refractivity (Wildman–Crippen MR) is 306 cm³/mol. The maximum atomic E-state index is 12.8. The van der Waals surface area contributed by atoms with Crippen molar-refractivity contribution in [3.05, 3.63) is 158 Å². The first kappa shape index (κ1) is 66.0. The van der Waals surface area contributed by atoms with Crippen LogP contribution in [0.1, 0.15) is 213 Å². The highest BCUT2D eigenvalue weighted by atomic mass is 16.6. The van der Waals surface area contributed by atoms with E-state index in [9.17, 15) is 14.4 Å². The molecule has 0 aliphatic carbocycles. The number of carbonyl (C=O) groups is 3. The van der Waals surface area contributed by atoms with Crippen molar-refractivity contribution in [2.75, 3.05) is 13.2 Å². The summed E-state index contributed by atoms with van der Waals surface area (Å²) < 4.78 is 16.7. The first-order valence-corrected chi connectivity index (χ1v) is 28.0. The summed E-state index contributed by atoms with van der Waals surface area (Å²) in [5, 5.41) is 0. The Labute approximate surface area is 435 Å². The van der Waals surface area contributed by atoms with Crippen LogP contribution in [-0.4, -0.2) is 37.2 Å². The number of carbonyl (C=O) groups excluding carboxylic acids is 3. The lowest BCUT2D eigenvalue weighted by atomic mass is 10.1. The first-order valence-electron chi connectivity index (χ1n) is 28.0. The number of allylic oxidation sites excluding steroid dienone is 26. The minimum atomic E-state index is -0.863. The molecule has 0 aromatic rings. The first-order chi connectivity index (χ1) is 35.0. The SMILES string of the molecule is CC/C=C\C/C=C\C/C=C\C/C=C\C/C=C\C/C=C\CCC(=O)O[C@H](COC(=O)CC/C=C\C/C=C\C/C=C\C/C=C\C/C=C\CCCCC)COC(=O)CCCCCCC/C=C\C/C=C\CCCCC. The summed E-state index contributed by atoms with van der Waals surface area (Å²) in [6.45, 7) is 6.31. The molecule has 0 saturated carbocycles. The van der Waals surface area contributed by atoms with Gasteiger partial charge in [-0.25, -0.2) is 0 Å². The largest absolute Gasteiger partial charge is 0.462 e. The molecule has 0 aliphatic heterocycles. The van der Waals surface area contributed by atoms with Gasteiger partial charge in [0, 0.05) is 19.3 Å². The average Bonchev–Trinajstić information content (AvgIpc) is 3.37. The Morgan fingerprint density at radius 2 is 0.577 bits per heavy atom. The van der Waals surface area contributed by atoms with Gasteiger partial charge in [-0.1, -0.05) is 224 Å². The topological polar surface area (TPSA) is 78.9 Å². The molecule has 0 unspecified atom stereocenters. The van der Waals surface area contributed by atoms with Crippen LogP contribution >= 0.6 is 0 Å². The van der Waals surface area contributed by atoms with Gasteiger partial charge in [-0.2, -0.15) is 0 Å². The lowest BCUT2D eigenvalue weighted by Crippen LogP contribution is -2.30. The molecule has 1 atom stereocenters. The van der Waals surface area contributed by atoms with Crippen molar-refractivity contribution in [3.63, 3.8) is 0 Å². The molecule has 0 amide bonds. The van der Waals surface area contributed by atoms with Crippen LogP contribution in [0.5, 0.6) is 0 Å². The van der Waals surface area contributed by atoms with Crippen LogP contribution in [0.3, 0.4) is 0 Å². The number of unbranched alkanes of at least 4 members (excludes halogenated alkanes) is 11. The summed E-state index contributed by atoms with van der Waals surface area (Å²) >= 11 is 0. The average molecular weight is 978 g/mol. The zero-order chi connectivity index (χ0) is 51.4. The van der Waals surface area contributed by atoms with Crippen LogP contribution < -0.4 is 0 Å². The molecule has 0 fully saturated rings. The zero-order valence-electron chi connectivity index (χ0n) is 45.2. The minimum absolute atomic E-state index is 0.146. The van der Waals surface area contributed by atoms with Crippen LogP contribution in [0.15, 0.2) is 158 Å². The Hall–Kier alpha value is -4.97. The fraction of sp³-hybridized carbons (Fsp3) is 0.554. The van der Waals surface area contributed by atoms with Gasteiger partial charge in [0.1, 0.15) is 13.2 Å². The van der Waals surface area contributed by atoms with E-state index in [1.807, 2.05) is 24.3 Å². The number of hydrogen-bond acceptors (Lipinski definition) is 6. The van der Waals surface area contributed by atoms with Gasteiger partial charge in [0.05, 0.1) is 0 Å². The number of esters is 3. The Morgan fingerprint density at radius 1 is 0.296 bits per heavy atom. The Bertz CT molecular complexity index is 1640. The molecule has 396 valence electrons. The Kier molecular flexibility index (Phi) is 53.6. The number of rotatable bonds is 48. The summed E-state index contributed by atoms with van der Waals surface area (Å²) in [5.74, 6) is -1.14. The quantitative estimate of drug-likeness (QED) is 0.0262. The second-order valence-corrected chi connectivity index (χ2v) is 17.7. The maximum absolute atomic E-state index is 12.8. The van der Waals surface area contributed by atoms with E-state index < -0.39 is 12.1 Å². The van der Waals surface area contributed by atoms with Crippen LogP contribution in [0.4, 0.5) is 0 Å². The van der Waals surface area contributed by atoms with Crippen molar-refractivity contribution in [3.8, 4) is 0 Å². The van der Waals surface area contributed by atoms with Crippen LogP contribution in [0, 0.1) is 0 Å². The van der Waals surface area contributed by atoms with Crippen molar-refractivity contribution in [1.82, 2.24) is 0 Å². The third kappa shape index (κ3) is 55.8. The molecule has 0 aliphatic rings. The normalized spacial score (nSPS) is 13.3. The summed E-state index contributed by atoms with van der Waals surface area (Å²) in [5.41, 5.74) is 0. The van der Waals surface area contributed by atoms with Gasteiger partial charge in [-0.3, -0.25) is 14.4 Å². The molecule has 0 heterocycles. The van der Waals surface area contributed by atoms with Gasteiger partial charge in [0.25, 0.3) is 0 Å². The fourth-order valence-electron chi connectivity index (χ4n) is 6.83. The summed E-state index contributed by atoms with van der Waals surface area (Å²) in [4.78, 5) is 38.1. The van der Waals surface area contributed by atoms with Gasteiger partial charge in [-0.05, 0) is 128 Å². The molecular formula is C65H100O6. The van der Waals surface area contributed by atoms with E-state index in [4.69, 9.17) is 14.2 Å². The fourth-order valence-corrected chi connectivity index (χ4v) is 6.83. The van der Waals surface area contributed by atoms with Gasteiger partial charge in [0.2, 0.25) is 0 Å². The molecule has 6 heteroatoms. The van der Waals surface area contributed by atoms with E-state index in [0.29, 0.717) is 19.3 Å². The molecule has 0 rings (SSSR count). The van der Waals surface area contributed by atoms with Crippen molar-refractivity contribution in [1.29, 1.82) is 0 Å². The van der Waals surface area contributed by atoms with Crippen LogP contribution in [0.25, 0.3) is 0 Å². The van der Waals surface area contributed by atoms with E-state index in [-0.39, 0.29) is 38.0 Å². The van der Waals surface area contributed by atoms with E-state index in [1.165, 1.54) is 51.4 Å². The van der Waals surface area contributed by atoms with Gasteiger partial charge in [-0.15, -0.1) is 0 Å². The Morgan fingerprint density at radius 3 is 0.944 bits per heavy atom. The second-order valence-electron chi connectivity index (χ2n) is 17.7. The van der Waals surface area contributed by atoms with E-state index >= 15 is 0 Å². The standard InChI is InChI=1S/C65H100O6/c1-4-7-10-13-16-19-22-25-28-30-32-34-37-40-43-46-49-52-55-58-64(67)70-61-62(60-69-63(66)57-54-51-48-45-42-39-36-27-24-21-18-15-12-9-6-3)71-65(68)59-56-53-50-47-44-41-38-35-33-31-29-26-23-20-17-14-11-8-5-2/h8,11,16-21,25-29,32-36,40-41,43-44,49-50,52-53,62H,4-7,9-10,12-15,22-24,30-31,37-39,42,45-48,51,54-61H2,1-3H3/b11-8-,19-16-,20-17-,21-18-,28-25-,29-26-,34-32-,35-33-,36-27-,43-40-,44-41-,52-49-,53-50-/t62-/m0/s1. The molecule has 0 N–H and O–H groups in total. The number of ether oxygens (including phenoxy) is 3. The van der Waals surface area contributed by atoms with Crippen LogP contribution in [0.2, 0.25) is 0 Å². The third-order valence-corrected chi connectivity index (χ3v) is 11.0. The van der Waals surface area contributed by atoms with Crippen LogP contribution in [-0.2, 0) is 28.6 Å². The highest BCUT2D eigenvalue weighted by Gasteiger charge is 2.19. The monoisotopic (exact) mass is 977 g/mol. The smallest absolute Gasteiger partial charge is 0.306 e. The highest BCUT2D eigenvalue weighted by molar-refractivity contribution is 5.71. The lowest BCUT2D eigenvalue weighted by molar-refractivity contribution is -0.166. The zero-order valence-corrected chi connectivity index (χ0v) is 45.2. The molecule has 0 aromatic carbocycles. The van der Waals surface area contributed by atoms with Crippen molar-refractivity contribution >= 4 is 17.9 Å². The predicted octanol–water partition coefficient (Wildman–Crippen LogP) is 19.0. The summed E-state index contributed by atoms with van der Waals surface area (Å²) in [6, 6.07) is 0. The molecule has 6 nitrogen and oxygen atoms in total. The molecule has 0 radical (unpaired) electrons. The van der Waals surface area contributed by atoms with Gasteiger partial charge in [0.15, 0.2) is 6.10 Å². The van der Waals surface area contributed by atoms with Gasteiger partial charge >= 0.3 is 17.9 Å². The lowest BCUT2D eigenvalue weighted by Gasteiger charge is -2.18. The van der Waals surface area contributed by atoms with Crippen molar-refractivity contribution in [2.45, 2.75) is 219 Å². The highest BCUT2D eigenvalue weighted by Crippen LogP contribution is 2.11. The van der Waals surface area contributed by atoms with E-state index in [1.54, 1.807) is 0 Å². The summed E-state index contributed by atoms with van der Waals surface area (Å²) in [7, 11) is 0. The molecule has 0 spiro atoms. The Balaban J connectivity index is 4.67. The molecular weight excluding hydrogens is 877 g/mol. The van der Waals surface area contributed by atoms with E-state index in [0.717, 1.165) is 109 Å². The molecule has 0 aromatic heterocycles. The molecule has 0 bridgehead atoms. The van der Waals surface area contributed by atoms with E-state index in [2.05, 4.69) is 154 Å². The molecule has 71 heavy (non-hydrogen) atoms. The van der Waals surface area contributed by atoms with Crippen molar-refractivity contribution < 1.29 is 28.6 Å². The number of hydrogen-bond donors (Lipinski definition) is 0. The maximum Gasteiger partial charge on any atom is 0.306 e. The van der Waals surface area contributed by atoms with Gasteiger partial charge < -0.3 is 14.2 Å².